The lowest BCUT2D eigenvalue weighted by Gasteiger charge is -2.09. The molecule has 0 unspecified atom stereocenters. The number of carbonyl (C=O) groups excluding carboxylic acids is 1. The third-order valence-electron chi connectivity index (χ3n) is 1.86. The number of ether oxygens (including phenoxy) is 1. The first-order valence-electron chi connectivity index (χ1n) is 5.04. The highest BCUT2D eigenvalue weighted by Gasteiger charge is 2.12. The molecule has 0 aromatic heterocycles. The molecule has 0 aliphatic rings. The molecule has 1 atom stereocenters. The minimum Gasteiger partial charge on any atom is -0.479 e. The smallest absolute Gasteiger partial charge is 0.332 e. The van der Waals surface area contributed by atoms with Gasteiger partial charge in [-0.2, -0.15) is 0 Å². The van der Waals surface area contributed by atoms with Crippen molar-refractivity contribution in [3.63, 3.8) is 0 Å². The summed E-state index contributed by atoms with van der Waals surface area (Å²) in [4.78, 5) is 21.5. The Morgan fingerprint density at radius 1 is 1.33 bits per heavy atom. The molecule has 0 spiro atoms. The molecule has 0 aromatic rings. The van der Waals surface area contributed by atoms with Crippen molar-refractivity contribution in [1.82, 2.24) is 5.32 Å². The molecule has 0 rings (SSSR count). The average Bonchev–Trinajstić information content (AvgIpc) is 2.13. The predicted molar refractivity (Wildman–Crippen MR) is 55.5 cm³/mol. The lowest BCUT2D eigenvalue weighted by atomic mass is 10.1. The summed E-state index contributed by atoms with van der Waals surface area (Å²) in [5.41, 5.74) is 0. The van der Waals surface area contributed by atoms with Crippen molar-refractivity contribution < 1.29 is 19.4 Å². The third-order valence-corrected chi connectivity index (χ3v) is 1.86. The van der Waals surface area contributed by atoms with Crippen LogP contribution in [-0.2, 0) is 14.3 Å². The second-order valence-electron chi connectivity index (χ2n) is 3.82. The van der Waals surface area contributed by atoms with Crippen molar-refractivity contribution in [1.29, 1.82) is 0 Å². The number of hydrogen-bond donors (Lipinski definition) is 2. The van der Waals surface area contributed by atoms with Crippen LogP contribution < -0.4 is 5.32 Å². The molecular weight excluding hydrogens is 198 g/mol. The largest absolute Gasteiger partial charge is 0.479 e. The van der Waals surface area contributed by atoms with E-state index in [1.807, 2.05) is 0 Å². The number of carboxylic acid groups (broad SMARTS) is 1. The molecule has 0 saturated carbocycles. The third kappa shape index (κ3) is 7.93. The molecule has 0 bridgehead atoms. The molecule has 15 heavy (non-hydrogen) atoms. The van der Waals surface area contributed by atoms with Gasteiger partial charge in [-0.05, 0) is 19.3 Å². The summed E-state index contributed by atoms with van der Waals surface area (Å²) < 4.78 is 4.81. The Bertz CT molecular complexity index is 215. The van der Waals surface area contributed by atoms with Crippen LogP contribution in [0.25, 0.3) is 0 Å². The minimum absolute atomic E-state index is 0.203. The molecule has 88 valence electrons. The van der Waals surface area contributed by atoms with Gasteiger partial charge in [0, 0.05) is 6.54 Å². The van der Waals surface area contributed by atoms with Crippen LogP contribution >= 0.6 is 0 Å². The minimum atomic E-state index is -1.06. The zero-order chi connectivity index (χ0) is 11.8. The molecule has 0 saturated heterocycles. The lowest BCUT2D eigenvalue weighted by molar-refractivity contribution is -0.150. The Kier molecular flexibility index (Phi) is 6.70. The molecule has 2 N–H and O–H groups in total. The Balaban J connectivity index is 3.53. The number of aliphatic carboxylic acids is 1. The van der Waals surface area contributed by atoms with E-state index in [0.717, 1.165) is 6.42 Å². The van der Waals surface area contributed by atoms with Crippen molar-refractivity contribution in [2.45, 2.75) is 33.3 Å². The maximum atomic E-state index is 11.1. The normalized spacial score (nSPS) is 12.5. The number of carbonyl (C=O) groups is 2. The number of amides is 1. The number of rotatable bonds is 7. The SMILES string of the molecule is CC(C)CCNC(=O)CO[C@@H](C)C(=O)O. The molecule has 0 radical (unpaired) electrons. The van der Waals surface area contributed by atoms with Crippen LogP contribution in [0.2, 0.25) is 0 Å². The van der Waals surface area contributed by atoms with Gasteiger partial charge in [-0.25, -0.2) is 4.79 Å². The second-order valence-corrected chi connectivity index (χ2v) is 3.82. The fourth-order valence-corrected chi connectivity index (χ4v) is 0.823. The van der Waals surface area contributed by atoms with Crippen LogP contribution in [0.15, 0.2) is 0 Å². The van der Waals surface area contributed by atoms with Gasteiger partial charge in [0.05, 0.1) is 0 Å². The highest BCUT2D eigenvalue weighted by Crippen LogP contribution is 1.96. The maximum Gasteiger partial charge on any atom is 0.332 e. The summed E-state index contributed by atoms with van der Waals surface area (Å²) in [6.45, 7) is 5.92. The summed E-state index contributed by atoms with van der Waals surface area (Å²) in [6.07, 6.45) is -0.0407. The fourth-order valence-electron chi connectivity index (χ4n) is 0.823. The molecular formula is C10H19NO4. The Morgan fingerprint density at radius 3 is 2.40 bits per heavy atom. The molecule has 0 aliphatic carbocycles. The van der Waals surface area contributed by atoms with E-state index >= 15 is 0 Å². The van der Waals surface area contributed by atoms with Gasteiger partial charge in [0.2, 0.25) is 5.91 Å². The highest BCUT2D eigenvalue weighted by molar-refractivity contribution is 5.78. The van der Waals surface area contributed by atoms with E-state index in [1.54, 1.807) is 0 Å². The van der Waals surface area contributed by atoms with Gasteiger partial charge in [-0.1, -0.05) is 13.8 Å². The first-order chi connectivity index (χ1) is 6.93. The van der Waals surface area contributed by atoms with Crippen LogP contribution in [0, 0.1) is 5.92 Å². The average molecular weight is 217 g/mol. The van der Waals surface area contributed by atoms with Gasteiger partial charge >= 0.3 is 5.97 Å². The fraction of sp³-hybridized carbons (Fsp3) is 0.800. The van der Waals surface area contributed by atoms with Crippen molar-refractivity contribution in [3.05, 3.63) is 0 Å². The molecule has 0 heterocycles. The lowest BCUT2D eigenvalue weighted by Crippen LogP contribution is -2.32. The van der Waals surface area contributed by atoms with Crippen LogP contribution in [0.5, 0.6) is 0 Å². The van der Waals surface area contributed by atoms with Crippen LogP contribution in [-0.4, -0.2) is 36.2 Å². The first-order valence-corrected chi connectivity index (χ1v) is 5.04. The van der Waals surface area contributed by atoms with Crippen molar-refractivity contribution in [2.24, 2.45) is 5.92 Å². The van der Waals surface area contributed by atoms with Gasteiger partial charge in [0.1, 0.15) is 6.61 Å². The van der Waals surface area contributed by atoms with E-state index in [9.17, 15) is 9.59 Å². The topological polar surface area (TPSA) is 75.6 Å². The Hall–Kier alpha value is -1.10. The molecule has 1 amide bonds. The van der Waals surface area contributed by atoms with Gasteiger partial charge in [-0.3, -0.25) is 4.79 Å². The standard InChI is InChI=1S/C10H19NO4/c1-7(2)4-5-11-9(12)6-15-8(3)10(13)14/h7-8H,4-6H2,1-3H3,(H,11,12)(H,13,14)/t8-/m0/s1. The summed E-state index contributed by atoms with van der Waals surface area (Å²) in [6, 6.07) is 0. The van der Waals surface area contributed by atoms with E-state index in [0.29, 0.717) is 12.5 Å². The van der Waals surface area contributed by atoms with E-state index in [-0.39, 0.29) is 12.5 Å². The highest BCUT2D eigenvalue weighted by atomic mass is 16.5. The summed E-state index contributed by atoms with van der Waals surface area (Å²) >= 11 is 0. The molecule has 0 fully saturated rings. The molecule has 5 heteroatoms. The predicted octanol–water partition coefficient (Wildman–Crippen LogP) is 0.638. The number of hydrogen-bond acceptors (Lipinski definition) is 3. The Labute approximate surface area is 89.8 Å². The zero-order valence-electron chi connectivity index (χ0n) is 9.45. The monoisotopic (exact) mass is 217 g/mol. The van der Waals surface area contributed by atoms with Gasteiger partial charge in [-0.15, -0.1) is 0 Å². The summed E-state index contributed by atoms with van der Waals surface area (Å²) in [5.74, 6) is -0.808. The van der Waals surface area contributed by atoms with Crippen molar-refractivity contribution in [2.75, 3.05) is 13.2 Å². The van der Waals surface area contributed by atoms with E-state index < -0.39 is 12.1 Å². The maximum absolute atomic E-state index is 11.1. The zero-order valence-corrected chi connectivity index (χ0v) is 9.45. The van der Waals surface area contributed by atoms with Gasteiger partial charge in [0.25, 0.3) is 0 Å². The first kappa shape index (κ1) is 13.9. The quantitative estimate of drug-likeness (QED) is 0.656. The van der Waals surface area contributed by atoms with Gasteiger partial charge in [0.15, 0.2) is 6.10 Å². The van der Waals surface area contributed by atoms with E-state index in [1.165, 1.54) is 6.92 Å². The summed E-state index contributed by atoms with van der Waals surface area (Å²) in [5, 5.41) is 11.1. The van der Waals surface area contributed by atoms with Crippen molar-refractivity contribution >= 4 is 11.9 Å². The molecule has 0 aliphatic heterocycles. The van der Waals surface area contributed by atoms with E-state index in [4.69, 9.17) is 9.84 Å². The molecule has 0 aromatic carbocycles. The molecule has 5 nitrogen and oxygen atoms in total. The van der Waals surface area contributed by atoms with Crippen LogP contribution in [0.3, 0.4) is 0 Å². The van der Waals surface area contributed by atoms with E-state index in [2.05, 4.69) is 19.2 Å². The van der Waals surface area contributed by atoms with Gasteiger partial charge < -0.3 is 15.2 Å². The summed E-state index contributed by atoms with van der Waals surface area (Å²) in [7, 11) is 0. The van der Waals surface area contributed by atoms with Crippen molar-refractivity contribution in [3.8, 4) is 0 Å². The number of nitrogens with one attached hydrogen (secondary N) is 1. The van der Waals surface area contributed by atoms with Crippen LogP contribution in [0.1, 0.15) is 27.2 Å². The second kappa shape index (κ2) is 7.23. The Morgan fingerprint density at radius 2 is 1.93 bits per heavy atom. The van der Waals surface area contributed by atoms with Crippen LogP contribution in [0.4, 0.5) is 0 Å². The number of carboxylic acids is 1.